The monoisotopic (exact) mass is 473 g/mol. The number of imide groups is 1. The molecule has 1 saturated carbocycles. The fourth-order valence-corrected chi connectivity index (χ4v) is 5.29. The van der Waals surface area contributed by atoms with Crippen molar-refractivity contribution in [2.24, 2.45) is 5.92 Å². The summed E-state index contributed by atoms with van der Waals surface area (Å²) in [5.74, 6) is 1.45. The van der Waals surface area contributed by atoms with Crippen molar-refractivity contribution in [3.05, 3.63) is 63.6 Å². The van der Waals surface area contributed by atoms with Crippen molar-refractivity contribution in [3.8, 4) is 5.75 Å². The first-order valence-electron chi connectivity index (χ1n) is 12.0. The van der Waals surface area contributed by atoms with Gasteiger partial charge >= 0.3 is 6.03 Å². The molecule has 2 fully saturated rings. The van der Waals surface area contributed by atoms with Gasteiger partial charge in [0.1, 0.15) is 17.3 Å². The number of nitrogens with zero attached hydrogens (tertiary/aromatic N) is 1. The Morgan fingerprint density at radius 1 is 1.14 bits per heavy atom. The molecule has 1 unspecified atom stereocenters. The minimum absolute atomic E-state index is 0.0469. The average molecular weight is 474 g/mol. The van der Waals surface area contributed by atoms with Gasteiger partial charge in [-0.2, -0.15) is 0 Å². The maximum atomic E-state index is 13.2. The van der Waals surface area contributed by atoms with Crippen LogP contribution in [-0.4, -0.2) is 36.4 Å². The maximum absolute atomic E-state index is 13.2. The highest BCUT2D eigenvalue weighted by Gasteiger charge is 2.53. The van der Waals surface area contributed by atoms with Gasteiger partial charge < -0.3 is 19.4 Å². The number of benzene rings is 1. The Kier molecular flexibility index (Phi) is 4.88. The molecular weight excluding hydrogens is 446 g/mol. The normalized spacial score (nSPS) is 23.6. The zero-order valence-electron chi connectivity index (χ0n) is 19.8. The molecule has 2 aromatic rings. The average Bonchev–Trinajstić information content (AvgIpc) is 3.45. The minimum atomic E-state index is -1.52. The molecule has 0 bridgehead atoms. The van der Waals surface area contributed by atoms with Gasteiger partial charge in [-0.25, -0.2) is 4.79 Å². The van der Waals surface area contributed by atoms with Crippen LogP contribution in [0.3, 0.4) is 0 Å². The van der Waals surface area contributed by atoms with E-state index in [9.17, 15) is 14.4 Å². The summed E-state index contributed by atoms with van der Waals surface area (Å²) in [6.07, 6.45) is 8.55. The first-order valence-corrected chi connectivity index (χ1v) is 12.0. The lowest BCUT2D eigenvalue weighted by atomic mass is 9.93. The first-order chi connectivity index (χ1) is 16.9. The van der Waals surface area contributed by atoms with Gasteiger partial charge in [-0.3, -0.25) is 14.9 Å². The van der Waals surface area contributed by atoms with Gasteiger partial charge in [-0.05, 0) is 68.4 Å². The molecule has 2 aliphatic heterocycles. The predicted molar refractivity (Wildman–Crippen MR) is 128 cm³/mol. The van der Waals surface area contributed by atoms with Crippen LogP contribution < -0.4 is 15.4 Å². The third kappa shape index (κ3) is 3.64. The second-order valence-electron chi connectivity index (χ2n) is 9.91. The van der Waals surface area contributed by atoms with Crippen molar-refractivity contribution < 1.29 is 23.5 Å². The van der Waals surface area contributed by atoms with Crippen molar-refractivity contribution >= 4 is 30.0 Å². The van der Waals surface area contributed by atoms with Crippen LogP contribution in [0.1, 0.15) is 65.6 Å². The highest BCUT2D eigenvalue weighted by Crippen LogP contribution is 2.43. The van der Waals surface area contributed by atoms with E-state index in [1.807, 2.05) is 12.1 Å². The molecule has 180 valence electrons. The van der Waals surface area contributed by atoms with Crippen molar-refractivity contribution in [2.75, 3.05) is 13.7 Å². The van der Waals surface area contributed by atoms with Crippen molar-refractivity contribution in [2.45, 2.75) is 44.7 Å². The lowest BCUT2D eigenvalue weighted by Gasteiger charge is -2.29. The highest BCUT2D eigenvalue weighted by molar-refractivity contribution is 6.08. The number of rotatable bonds is 5. The molecule has 1 atom stereocenters. The Bertz CT molecular complexity index is 1330. The summed E-state index contributed by atoms with van der Waals surface area (Å²) in [5, 5.41) is 5.12. The molecule has 1 aromatic heterocycles. The summed E-state index contributed by atoms with van der Waals surface area (Å²) in [6, 6.07) is 6.58. The number of fused-ring (bicyclic) bond motifs is 2. The topological polar surface area (TPSA) is 101 Å². The van der Waals surface area contributed by atoms with E-state index in [1.54, 1.807) is 24.1 Å². The summed E-state index contributed by atoms with van der Waals surface area (Å²) in [4.78, 5) is 40.4. The third-order valence-electron chi connectivity index (χ3n) is 7.41. The number of hydrogen-bond donors (Lipinski definition) is 2. The highest BCUT2D eigenvalue weighted by atomic mass is 16.5. The number of furan rings is 1. The predicted octanol–water partition coefficient (Wildman–Crippen LogP) is 3.97. The molecule has 4 aliphatic rings. The molecule has 0 spiro atoms. The van der Waals surface area contributed by atoms with E-state index in [1.165, 1.54) is 24.0 Å². The van der Waals surface area contributed by atoms with Crippen LogP contribution in [-0.2, 0) is 16.9 Å². The van der Waals surface area contributed by atoms with Gasteiger partial charge in [-0.1, -0.05) is 23.3 Å². The van der Waals surface area contributed by atoms with Gasteiger partial charge in [0, 0.05) is 17.7 Å². The molecule has 8 nitrogen and oxygen atoms in total. The first kappa shape index (κ1) is 21.7. The minimum Gasteiger partial charge on any atom is -0.497 e. The van der Waals surface area contributed by atoms with E-state index < -0.39 is 17.5 Å². The van der Waals surface area contributed by atoms with Crippen molar-refractivity contribution in [1.29, 1.82) is 0 Å². The zero-order chi connectivity index (χ0) is 24.3. The number of hydrogen-bond acceptors (Lipinski definition) is 5. The molecule has 35 heavy (non-hydrogen) atoms. The Labute approximate surface area is 203 Å². The number of amides is 4. The van der Waals surface area contributed by atoms with E-state index in [2.05, 4.69) is 29.7 Å². The van der Waals surface area contributed by atoms with Gasteiger partial charge in [0.25, 0.3) is 11.8 Å². The van der Waals surface area contributed by atoms with E-state index in [-0.39, 0.29) is 12.5 Å². The Morgan fingerprint density at radius 2 is 1.97 bits per heavy atom. The maximum Gasteiger partial charge on any atom is 0.322 e. The number of ether oxygens (including phenoxy) is 1. The largest absolute Gasteiger partial charge is 0.497 e. The van der Waals surface area contributed by atoms with Crippen LogP contribution in [0.5, 0.6) is 5.75 Å². The molecule has 1 aromatic carbocycles. The Morgan fingerprint density at radius 3 is 2.69 bits per heavy atom. The van der Waals surface area contributed by atoms with Crippen LogP contribution in [0.25, 0.3) is 12.2 Å². The van der Waals surface area contributed by atoms with Crippen LogP contribution in [0.2, 0.25) is 0 Å². The standard InChI is InChI=1S/C27H27N3O5/c1-15-3-4-17(16-5-6-16)10-22-19(9-15)11-23(35-22)27(25(32)28-26(33)29-27)14-30-13-18-7-8-20(34-2)12-21(18)24(30)31/h7-12,16H,3-6,13-14H2,1-2H3,(H2,28,29,32,33). The molecular formula is C27H27N3O5. The number of urea groups is 1. The number of nitrogens with one attached hydrogen (secondary N) is 2. The molecule has 2 aliphatic carbocycles. The molecule has 2 N–H and O–H groups in total. The molecule has 8 heteroatoms. The van der Waals surface area contributed by atoms with Crippen molar-refractivity contribution in [3.63, 3.8) is 0 Å². The summed E-state index contributed by atoms with van der Waals surface area (Å²) in [6.45, 7) is 2.38. The number of allylic oxidation sites excluding steroid dienone is 2. The quantitative estimate of drug-likeness (QED) is 0.640. The van der Waals surface area contributed by atoms with Crippen LogP contribution in [0.4, 0.5) is 4.79 Å². The molecule has 0 radical (unpaired) electrons. The molecule has 3 heterocycles. The Hall–Kier alpha value is -3.81. The fourth-order valence-electron chi connectivity index (χ4n) is 5.29. The smallest absolute Gasteiger partial charge is 0.322 e. The van der Waals surface area contributed by atoms with E-state index in [0.717, 1.165) is 24.0 Å². The lowest BCUT2D eigenvalue weighted by molar-refractivity contribution is -0.125. The summed E-state index contributed by atoms with van der Waals surface area (Å²) in [7, 11) is 1.55. The zero-order valence-corrected chi connectivity index (χ0v) is 19.8. The van der Waals surface area contributed by atoms with Gasteiger partial charge in [0.15, 0.2) is 5.54 Å². The summed E-state index contributed by atoms with van der Waals surface area (Å²) in [5.41, 5.74) is 3.34. The van der Waals surface area contributed by atoms with E-state index in [4.69, 9.17) is 9.15 Å². The van der Waals surface area contributed by atoms with Gasteiger partial charge in [0.2, 0.25) is 0 Å². The van der Waals surface area contributed by atoms with Crippen molar-refractivity contribution in [1.82, 2.24) is 15.5 Å². The van der Waals surface area contributed by atoms with Gasteiger partial charge in [-0.15, -0.1) is 0 Å². The number of carbonyl (C=O) groups is 3. The lowest BCUT2D eigenvalue weighted by Crippen LogP contribution is -2.52. The third-order valence-corrected chi connectivity index (χ3v) is 7.41. The van der Waals surface area contributed by atoms with Crippen LogP contribution in [0, 0.1) is 5.92 Å². The molecule has 6 rings (SSSR count). The molecule has 4 amide bonds. The fraction of sp³-hybridized carbons (Fsp3) is 0.370. The van der Waals surface area contributed by atoms with Gasteiger partial charge in [0.05, 0.1) is 13.7 Å². The molecule has 1 saturated heterocycles. The van der Waals surface area contributed by atoms with Crippen LogP contribution >= 0.6 is 0 Å². The summed E-state index contributed by atoms with van der Waals surface area (Å²) >= 11 is 0. The Balaban J connectivity index is 1.39. The summed E-state index contributed by atoms with van der Waals surface area (Å²) < 4.78 is 11.6. The second-order valence-corrected chi connectivity index (χ2v) is 9.91. The SMILES string of the molecule is COc1ccc2c(c1)C(=O)N(CC1(c3cc4c(o3)C=C(C3CC3)CCC(C)=C4)NC(=O)NC1=O)C2. The van der Waals surface area contributed by atoms with E-state index >= 15 is 0 Å². The number of carbonyl (C=O) groups excluding carboxylic acids is 3. The van der Waals surface area contributed by atoms with E-state index in [0.29, 0.717) is 35.3 Å². The van der Waals surface area contributed by atoms with Crippen LogP contribution in [0.15, 0.2) is 39.8 Å². The second kappa shape index (κ2) is 7.86. The number of methoxy groups -OCH3 is 1.